The molecule has 1 nitrogen and oxygen atoms in total. The van der Waals surface area contributed by atoms with Gasteiger partial charge in [0, 0.05) is 0 Å². The van der Waals surface area contributed by atoms with Crippen molar-refractivity contribution in [1.82, 2.24) is 0 Å². The molecule has 0 aliphatic carbocycles. The van der Waals surface area contributed by atoms with Crippen LogP contribution in [0.25, 0.3) is 0 Å². The maximum atomic E-state index is 6.42. The third-order valence-corrected chi connectivity index (χ3v) is 5.42. The van der Waals surface area contributed by atoms with Crippen molar-refractivity contribution in [3.63, 3.8) is 0 Å². The molecule has 19 heavy (non-hydrogen) atoms. The second kappa shape index (κ2) is 7.27. The quantitative estimate of drug-likeness (QED) is 0.683. The van der Waals surface area contributed by atoms with Gasteiger partial charge in [-0.1, -0.05) is 74.5 Å². The van der Waals surface area contributed by atoms with Gasteiger partial charge in [-0.05, 0) is 23.2 Å². The molecule has 0 N–H and O–H groups in total. The van der Waals surface area contributed by atoms with E-state index < -0.39 is 9.04 Å². The van der Waals surface area contributed by atoms with Crippen LogP contribution in [-0.4, -0.2) is 9.04 Å². The lowest BCUT2D eigenvalue weighted by atomic mass is 10.0. The lowest BCUT2D eigenvalue weighted by Gasteiger charge is -2.23. The van der Waals surface area contributed by atoms with Gasteiger partial charge in [0.2, 0.25) is 9.04 Å². The summed E-state index contributed by atoms with van der Waals surface area (Å²) >= 11 is 0. The van der Waals surface area contributed by atoms with Crippen LogP contribution in [0, 0.1) is 0 Å². The summed E-state index contributed by atoms with van der Waals surface area (Å²) in [5.74, 6) is 0. The van der Waals surface area contributed by atoms with Crippen molar-refractivity contribution in [2.24, 2.45) is 0 Å². The minimum Gasteiger partial charge on any atom is -0.406 e. The van der Waals surface area contributed by atoms with Crippen LogP contribution in [-0.2, 0) is 4.43 Å². The summed E-state index contributed by atoms with van der Waals surface area (Å²) in [6, 6.07) is 23.4. The second-order valence-corrected chi connectivity index (χ2v) is 7.29. The average Bonchev–Trinajstić information content (AvgIpc) is 2.50. The summed E-state index contributed by atoms with van der Waals surface area (Å²) in [7, 11) is -0.716. The van der Waals surface area contributed by atoms with Crippen molar-refractivity contribution in [1.29, 1.82) is 0 Å². The fourth-order valence-corrected chi connectivity index (χ4v) is 3.61. The molecule has 2 heteroatoms. The molecule has 0 saturated heterocycles. The molecular weight excluding hydrogens is 248 g/mol. The van der Waals surface area contributed by atoms with E-state index in [4.69, 9.17) is 4.43 Å². The Bertz CT molecular complexity index is 426. The summed E-state index contributed by atoms with van der Waals surface area (Å²) < 4.78 is 6.42. The van der Waals surface area contributed by atoms with Crippen LogP contribution >= 0.6 is 0 Å². The van der Waals surface area contributed by atoms with Crippen molar-refractivity contribution < 1.29 is 4.43 Å². The number of hydrogen-bond donors (Lipinski definition) is 0. The molecule has 0 aliphatic rings. The minimum atomic E-state index is -0.716. The SMILES string of the molecule is CC[Si](CC)OC(c1ccccc1)c1ccccc1. The van der Waals surface area contributed by atoms with E-state index in [1.54, 1.807) is 0 Å². The Balaban J connectivity index is 2.29. The Morgan fingerprint density at radius 1 is 0.789 bits per heavy atom. The standard InChI is InChI=1S/C17H21OSi/c1-3-19(4-2)18-17(15-11-7-5-8-12-15)16-13-9-6-10-14-16/h5-14,17H,3-4H2,1-2H3. The largest absolute Gasteiger partial charge is 0.406 e. The van der Waals surface area contributed by atoms with E-state index >= 15 is 0 Å². The molecule has 99 valence electrons. The minimum absolute atomic E-state index is 0.0798. The molecule has 0 spiro atoms. The Morgan fingerprint density at radius 3 is 1.58 bits per heavy atom. The average molecular weight is 269 g/mol. The smallest absolute Gasteiger partial charge is 0.212 e. The van der Waals surface area contributed by atoms with Crippen molar-refractivity contribution in [3.8, 4) is 0 Å². The Kier molecular flexibility index (Phi) is 5.37. The number of rotatable bonds is 6. The summed E-state index contributed by atoms with van der Waals surface area (Å²) in [5, 5.41) is 0. The lowest BCUT2D eigenvalue weighted by molar-refractivity contribution is 0.247. The summed E-state index contributed by atoms with van der Waals surface area (Å²) in [6.07, 6.45) is 0.0798. The predicted octanol–water partition coefficient (Wildman–Crippen LogP) is 4.82. The van der Waals surface area contributed by atoms with Gasteiger partial charge in [-0.3, -0.25) is 0 Å². The molecule has 0 aliphatic heterocycles. The zero-order valence-electron chi connectivity index (χ0n) is 11.7. The maximum absolute atomic E-state index is 6.42. The van der Waals surface area contributed by atoms with Gasteiger partial charge in [-0.15, -0.1) is 0 Å². The van der Waals surface area contributed by atoms with Crippen LogP contribution in [0.2, 0.25) is 12.1 Å². The van der Waals surface area contributed by atoms with Gasteiger partial charge >= 0.3 is 0 Å². The van der Waals surface area contributed by atoms with Crippen LogP contribution in [0.3, 0.4) is 0 Å². The fourth-order valence-electron chi connectivity index (χ4n) is 2.17. The van der Waals surface area contributed by atoms with Crippen molar-refractivity contribution in [2.75, 3.05) is 0 Å². The van der Waals surface area contributed by atoms with Crippen molar-refractivity contribution >= 4 is 9.04 Å². The Morgan fingerprint density at radius 2 is 1.21 bits per heavy atom. The van der Waals surface area contributed by atoms with Gasteiger partial charge in [0.25, 0.3) is 0 Å². The highest BCUT2D eigenvalue weighted by Gasteiger charge is 2.19. The van der Waals surface area contributed by atoms with Gasteiger partial charge in [0.15, 0.2) is 0 Å². The molecule has 0 saturated carbocycles. The van der Waals surface area contributed by atoms with Gasteiger partial charge in [0.05, 0.1) is 6.10 Å². The van der Waals surface area contributed by atoms with Gasteiger partial charge in [-0.25, -0.2) is 0 Å². The molecule has 1 radical (unpaired) electrons. The maximum Gasteiger partial charge on any atom is 0.212 e. The molecule has 0 heterocycles. The fraction of sp³-hybridized carbons (Fsp3) is 0.294. The number of benzene rings is 2. The third-order valence-electron chi connectivity index (χ3n) is 3.28. The van der Waals surface area contributed by atoms with Crippen LogP contribution in [0.5, 0.6) is 0 Å². The highest BCUT2D eigenvalue weighted by Crippen LogP contribution is 2.27. The van der Waals surface area contributed by atoms with Crippen LogP contribution in [0.4, 0.5) is 0 Å². The molecular formula is C17H21OSi. The zero-order valence-corrected chi connectivity index (χ0v) is 12.7. The highest BCUT2D eigenvalue weighted by molar-refractivity contribution is 6.51. The summed E-state index contributed by atoms with van der Waals surface area (Å²) in [6.45, 7) is 4.45. The molecule has 0 amide bonds. The van der Waals surface area contributed by atoms with Crippen LogP contribution in [0.1, 0.15) is 31.1 Å². The molecule has 0 atom stereocenters. The first-order chi connectivity index (χ1) is 9.35. The molecule has 2 aromatic carbocycles. The molecule has 2 aromatic rings. The number of hydrogen-bond acceptors (Lipinski definition) is 1. The van der Waals surface area contributed by atoms with Gasteiger partial charge in [-0.2, -0.15) is 0 Å². The van der Waals surface area contributed by atoms with E-state index in [9.17, 15) is 0 Å². The third kappa shape index (κ3) is 3.79. The monoisotopic (exact) mass is 269 g/mol. The second-order valence-electron chi connectivity index (χ2n) is 4.57. The molecule has 2 rings (SSSR count). The van der Waals surface area contributed by atoms with Crippen molar-refractivity contribution in [3.05, 3.63) is 71.8 Å². The summed E-state index contributed by atoms with van der Waals surface area (Å²) in [4.78, 5) is 0. The topological polar surface area (TPSA) is 9.23 Å². The van der Waals surface area contributed by atoms with E-state index in [1.807, 2.05) is 0 Å². The lowest BCUT2D eigenvalue weighted by Crippen LogP contribution is -2.20. The molecule has 0 unspecified atom stereocenters. The van der Waals surface area contributed by atoms with E-state index in [2.05, 4.69) is 74.5 Å². The van der Waals surface area contributed by atoms with Gasteiger partial charge in [0.1, 0.15) is 0 Å². The Hall–Kier alpha value is -1.38. The van der Waals surface area contributed by atoms with Crippen molar-refractivity contribution in [2.45, 2.75) is 32.0 Å². The first-order valence-corrected chi connectivity index (χ1v) is 8.78. The predicted molar refractivity (Wildman–Crippen MR) is 82.5 cm³/mol. The van der Waals surface area contributed by atoms with Crippen LogP contribution in [0.15, 0.2) is 60.7 Å². The van der Waals surface area contributed by atoms with Gasteiger partial charge < -0.3 is 4.43 Å². The van der Waals surface area contributed by atoms with Crippen LogP contribution < -0.4 is 0 Å². The zero-order chi connectivity index (χ0) is 13.5. The molecule has 0 bridgehead atoms. The van der Waals surface area contributed by atoms with E-state index in [0.29, 0.717) is 0 Å². The Labute approximate surface area is 118 Å². The first-order valence-electron chi connectivity index (χ1n) is 6.96. The molecule has 0 aromatic heterocycles. The summed E-state index contributed by atoms with van der Waals surface area (Å²) in [5.41, 5.74) is 2.50. The van der Waals surface area contributed by atoms with E-state index in [0.717, 1.165) is 12.1 Å². The molecule has 0 fully saturated rings. The van der Waals surface area contributed by atoms with E-state index in [1.165, 1.54) is 11.1 Å². The van der Waals surface area contributed by atoms with E-state index in [-0.39, 0.29) is 6.10 Å². The first kappa shape index (κ1) is 14.0. The highest BCUT2D eigenvalue weighted by atomic mass is 28.3. The normalized spacial score (nSPS) is 11.2.